The summed E-state index contributed by atoms with van der Waals surface area (Å²) >= 11 is 1.22. The molecular formula is C12H8N4O4S. The molecule has 0 saturated heterocycles. The van der Waals surface area contributed by atoms with Gasteiger partial charge in [0.1, 0.15) is 5.76 Å². The van der Waals surface area contributed by atoms with E-state index >= 15 is 0 Å². The van der Waals surface area contributed by atoms with Crippen molar-refractivity contribution in [1.29, 1.82) is 0 Å². The number of nitro groups is 1. The first-order valence-electron chi connectivity index (χ1n) is 5.82. The van der Waals surface area contributed by atoms with Gasteiger partial charge in [-0.3, -0.25) is 20.2 Å². The van der Waals surface area contributed by atoms with Crippen LogP contribution >= 0.6 is 11.3 Å². The van der Waals surface area contributed by atoms with Crippen LogP contribution in [-0.2, 0) is 0 Å². The van der Waals surface area contributed by atoms with Gasteiger partial charge < -0.3 is 4.52 Å². The van der Waals surface area contributed by atoms with Gasteiger partial charge in [0.2, 0.25) is 0 Å². The van der Waals surface area contributed by atoms with Crippen LogP contribution in [0, 0.1) is 17.0 Å². The number of carbonyl (C=O) groups is 1. The van der Waals surface area contributed by atoms with Crippen LogP contribution in [0.1, 0.15) is 16.2 Å². The Kier molecular flexibility index (Phi) is 3.10. The molecule has 0 aliphatic heterocycles. The first-order valence-corrected chi connectivity index (χ1v) is 6.64. The summed E-state index contributed by atoms with van der Waals surface area (Å²) in [5.41, 5.74) is 0.566. The van der Waals surface area contributed by atoms with E-state index in [4.69, 9.17) is 4.52 Å². The Morgan fingerprint density at radius 1 is 1.43 bits per heavy atom. The highest BCUT2D eigenvalue weighted by Crippen LogP contribution is 2.29. The van der Waals surface area contributed by atoms with Crippen LogP contribution in [0.5, 0.6) is 0 Å². The smallest absolute Gasteiger partial charge is 0.279 e. The van der Waals surface area contributed by atoms with Gasteiger partial charge >= 0.3 is 0 Å². The number of anilines is 1. The van der Waals surface area contributed by atoms with Crippen molar-refractivity contribution in [3.05, 3.63) is 45.8 Å². The summed E-state index contributed by atoms with van der Waals surface area (Å²) in [6, 6.07) is 5.86. The number of nitro benzene ring substituents is 1. The van der Waals surface area contributed by atoms with Gasteiger partial charge in [0.15, 0.2) is 10.8 Å². The van der Waals surface area contributed by atoms with Crippen LogP contribution < -0.4 is 5.32 Å². The quantitative estimate of drug-likeness (QED) is 0.588. The molecule has 0 bridgehead atoms. The number of amides is 1. The van der Waals surface area contributed by atoms with E-state index in [2.05, 4.69) is 15.5 Å². The monoisotopic (exact) mass is 304 g/mol. The molecule has 0 aliphatic rings. The van der Waals surface area contributed by atoms with Crippen LogP contribution in [0.2, 0.25) is 0 Å². The lowest BCUT2D eigenvalue weighted by molar-refractivity contribution is -0.384. The normalized spacial score (nSPS) is 10.7. The Morgan fingerprint density at radius 2 is 2.24 bits per heavy atom. The van der Waals surface area contributed by atoms with E-state index in [0.29, 0.717) is 16.4 Å². The summed E-state index contributed by atoms with van der Waals surface area (Å²) in [5, 5.41) is 17.2. The number of nitrogens with zero attached hydrogens (tertiary/aromatic N) is 3. The zero-order chi connectivity index (χ0) is 15.0. The summed E-state index contributed by atoms with van der Waals surface area (Å²) in [5.74, 6) is 0.0838. The number of carbonyl (C=O) groups excluding carboxylic acids is 1. The molecule has 1 N–H and O–H groups in total. The third kappa shape index (κ3) is 2.58. The van der Waals surface area contributed by atoms with Crippen molar-refractivity contribution in [2.45, 2.75) is 6.92 Å². The highest BCUT2D eigenvalue weighted by Gasteiger charge is 2.15. The number of hydrogen-bond donors (Lipinski definition) is 1. The van der Waals surface area contributed by atoms with Crippen molar-refractivity contribution in [3.63, 3.8) is 0 Å². The Morgan fingerprint density at radius 3 is 2.90 bits per heavy atom. The zero-order valence-electron chi connectivity index (χ0n) is 10.7. The van der Waals surface area contributed by atoms with Gasteiger partial charge in [0, 0.05) is 18.2 Å². The molecule has 0 radical (unpaired) electrons. The molecule has 3 aromatic rings. The standard InChI is InChI=1S/C12H8N4O4S/c1-6-4-9(15-20-6)11(17)14-12-13-8-5-7(16(18)19)2-3-10(8)21-12/h2-5H,1H3,(H,13,14,17). The van der Waals surface area contributed by atoms with E-state index in [1.54, 1.807) is 13.0 Å². The van der Waals surface area contributed by atoms with Gasteiger partial charge in [0.05, 0.1) is 15.1 Å². The van der Waals surface area contributed by atoms with Gasteiger partial charge in [-0.25, -0.2) is 4.98 Å². The fourth-order valence-electron chi connectivity index (χ4n) is 1.72. The zero-order valence-corrected chi connectivity index (χ0v) is 11.5. The van der Waals surface area contributed by atoms with E-state index in [1.807, 2.05) is 0 Å². The van der Waals surface area contributed by atoms with Crippen LogP contribution in [0.15, 0.2) is 28.8 Å². The molecule has 8 nitrogen and oxygen atoms in total. The molecule has 1 amide bonds. The van der Waals surface area contributed by atoms with Crippen molar-refractivity contribution in [2.24, 2.45) is 0 Å². The Balaban J connectivity index is 1.87. The van der Waals surface area contributed by atoms with E-state index in [9.17, 15) is 14.9 Å². The number of benzene rings is 1. The summed E-state index contributed by atoms with van der Waals surface area (Å²) in [6.07, 6.45) is 0. The summed E-state index contributed by atoms with van der Waals surface area (Å²) in [6.45, 7) is 1.68. The molecule has 2 aromatic heterocycles. The lowest BCUT2D eigenvalue weighted by Gasteiger charge is -1.95. The molecular weight excluding hydrogens is 296 g/mol. The molecule has 0 spiro atoms. The highest BCUT2D eigenvalue weighted by atomic mass is 32.1. The van der Waals surface area contributed by atoms with Gasteiger partial charge in [-0.05, 0) is 13.0 Å². The first-order chi connectivity index (χ1) is 10.0. The SMILES string of the molecule is Cc1cc(C(=O)Nc2nc3cc([N+](=O)[O-])ccc3s2)no1. The minimum absolute atomic E-state index is 0.0437. The van der Waals surface area contributed by atoms with E-state index < -0.39 is 10.8 Å². The van der Waals surface area contributed by atoms with E-state index in [0.717, 1.165) is 4.70 Å². The number of rotatable bonds is 3. The fourth-order valence-corrected chi connectivity index (χ4v) is 2.56. The second-order valence-corrected chi connectivity index (χ2v) is 5.24. The Labute approximate surface area is 121 Å². The Bertz CT molecular complexity index is 854. The maximum absolute atomic E-state index is 11.9. The lowest BCUT2D eigenvalue weighted by atomic mass is 10.3. The summed E-state index contributed by atoms with van der Waals surface area (Å²) in [7, 11) is 0. The molecule has 1 aromatic carbocycles. The van der Waals surface area contributed by atoms with Crippen molar-refractivity contribution in [1.82, 2.24) is 10.1 Å². The number of nitrogens with one attached hydrogen (secondary N) is 1. The number of non-ortho nitro benzene ring substituents is 1. The molecule has 0 unspecified atom stereocenters. The minimum atomic E-state index is -0.491. The third-order valence-corrected chi connectivity index (χ3v) is 3.61. The van der Waals surface area contributed by atoms with Gasteiger partial charge in [-0.15, -0.1) is 0 Å². The summed E-state index contributed by atoms with van der Waals surface area (Å²) in [4.78, 5) is 26.3. The lowest BCUT2D eigenvalue weighted by Crippen LogP contribution is -2.11. The van der Waals surface area contributed by atoms with Gasteiger partial charge in [-0.1, -0.05) is 16.5 Å². The average Bonchev–Trinajstić information content (AvgIpc) is 3.03. The van der Waals surface area contributed by atoms with Crippen molar-refractivity contribution in [3.8, 4) is 0 Å². The van der Waals surface area contributed by atoms with Crippen LogP contribution in [0.3, 0.4) is 0 Å². The Hall–Kier alpha value is -2.81. The van der Waals surface area contributed by atoms with E-state index in [-0.39, 0.29) is 11.4 Å². The predicted molar refractivity (Wildman–Crippen MR) is 75.5 cm³/mol. The molecule has 0 aliphatic carbocycles. The van der Waals surface area contributed by atoms with Crippen LogP contribution in [0.25, 0.3) is 10.2 Å². The molecule has 3 rings (SSSR count). The maximum Gasteiger partial charge on any atom is 0.279 e. The number of thiazole rings is 1. The topological polar surface area (TPSA) is 111 Å². The molecule has 0 fully saturated rings. The molecule has 2 heterocycles. The minimum Gasteiger partial charge on any atom is -0.361 e. The largest absolute Gasteiger partial charge is 0.361 e. The number of hydrogen-bond acceptors (Lipinski definition) is 7. The second-order valence-electron chi connectivity index (χ2n) is 4.21. The van der Waals surface area contributed by atoms with Crippen molar-refractivity contribution in [2.75, 3.05) is 5.32 Å². The number of fused-ring (bicyclic) bond motifs is 1. The van der Waals surface area contributed by atoms with E-state index in [1.165, 1.54) is 29.5 Å². The van der Waals surface area contributed by atoms with Gasteiger partial charge in [-0.2, -0.15) is 0 Å². The van der Waals surface area contributed by atoms with Gasteiger partial charge in [0.25, 0.3) is 11.6 Å². The average molecular weight is 304 g/mol. The van der Waals surface area contributed by atoms with Crippen molar-refractivity contribution < 1.29 is 14.2 Å². The maximum atomic E-state index is 11.9. The molecule has 21 heavy (non-hydrogen) atoms. The van der Waals surface area contributed by atoms with Crippen LogP contribution in [-0.4, -0.2) is 21.0 Å². The number of aryl methyl sites for hydroxylation is 1. The molecule has 0 saturated carbocycles. The fraction of sp³-hybridized carbons (Fsp3) is 0.0833. The first kappa shape index (κ1) is 13.2. The third-order valence-electron chi connectivity index (χ3n) is 2.66. The predicted octanol–water partition coefficient (Wildman–Crippen LogP) is 2.75. The molecule has 9 heteroatoms. The van der Waals surface area contributed by atoms with Crippen molar-refractivity contribution >= 4 is 38.3 Å². The second kappa shape index (κ2) is 4.94. The molecule has 106 valence electrons. The van der Waals surface area contributed by atoms with Crippen LogP contribution in [0.4, 0.5) is 10.8 Å². The number of aromatic nitrogens is 2. The summed E-state index contributed by atoms with van der Waals surface area (Å²) < 4.78 is 5.56. The highest BCUT2D eigenvalue weighted by molar-refractivity contribution is 7.22. The molecule has 0 atom stereocenters.